The van der Waals surface area contributed by atoms with Crippen LogP contribution in [-0.4, -0.2) is 35.5 Å². The van der Waals surface area contributed by atoms with E-state index in [-0.39, 0.29) is 5.91 Å². The molecule has 1 fully saturated rings. The number of hydrogen-bond acceptors (Lipinski definition) is 4. The Kier molecular flexibility index (Phi) is 5.42. The molecule has 5 heteroatoms. The van der Waals surface area contributed by atoms with Crippen molar-refractivity contribution in [2.75, 3.05) is 19.7 Å². The first-order chi connectivity index (χ1) is 11.3. The van der Waals surface area contributed by atoms with Gasteiger partial charge < -0.3 is 9.64 Å². The number of hydrogen-bond donors (Lipinski definition) is 0. The Hall–Kier alpha value is -2.14. The first-order valence-electron chi connectivity index (χ1n) is 7.84. The van der Waals surface area contributed by atoms with Gasteiger partial charge in [0.25, 0.3) is 0 Å². The van der Waals surface area contributed by atoms with Crippen molar-refractivity contribution in [3.8, 4) is 5.75 Å². The third-order valence-corrected chi connectivity index (χ3v) is 4.61. The third-order valence-electron chi connectivity index (χ3n) is 4.00. The molecule has 0 unspecified atom stereocenters. The van der Waals surface area contributed by atoms with Gasteiger partial charge in [0.1, 0.15) is 5.75 Å². The van der Waals surface area contributed by atoms with Crippen LogP contribution in [0.15, 0.2) is 47.3 Å². The van der Waals surface area contributed by atoms with E-state index in [1.807, 2.05) is 40.6 Å². The highest BCUT2D eigenvalue weighted by atomic mass is 32.1. The summed E-state index contributed by atoms with van der Waals surface area (Å²) >= 11 is 1.53. The maximum Gasteiger partial charge on any atom is 0.246 e. The highest BCUT2D eigenvalue weighted by Crippen LogP contribution is 2.19. The Bertz CT molecular complexity index is 632. The molecule has 120 valence electrons. The largest absolute Gasteiger partial charge is 0.493 e. The highest BCUT2D eigenvalue weighted by Gasteiger charge is 2.22. The molecule has 0 atom stereocenters. The van der Waals surface area contributed by atoms with Gasteiger partial charge in [-0.15, -0.1) is 11.3 Å². The van der Waals surface area contributed by atoms with Crippen molar-refractivity contribution < 1.29 is 9.53 Å². The van der Waals surface area contributed by atoms with Gasteiger partial charge in [0, 0.05) is 24.5 Å². The molecule has 0 radical (unpaired) electrons. The summed E-state index contributed by atoms with van der Waals surface area (Å²) in [4.78, 5) is 18.2. The van der Waals surface area contributed by atoms with Crippen LogP contribution in [-0.2, 0) is 4.79 Å². The number of carbonyl (C=O) groups is 1. The Morgan fingerprint density at radius 1 is 1.30 bits per heavy atom. The number of likely N-dealkylation sites (tertiary alicyclic amines) is 1. The Morgan fingerprint density at radius 2 is 2.09 bits per heavy atom. The van der Waals surface area contributed by atoms with Crippen LogP contribution in [0.25, 0.3) is 6.08 Å². The van der Waals surface area contributed by atoms with E-state index in [1.54, 1.807) is 17.7 Å². The van der Waals surface area contributed by atoms with Gasteiger partial charge in [-0.1, -0.05) is 18.2 Å². The van der Waals surface area contributed by atoms with Crippen LogP contribution in [0.3, 0.4) is 0 Å². The van der Waals surface area contributed by atoms with Gasteiger partial charge in [-0.05, 0) is 37.0 Å². The van der Waals surface area contributed by atoms with E-state index >= 15 is 0 Å². The summed E-state index contributed by atoms with van der Waals surface area (Å²) in [7, 11) is 0. The van der Waals surface area contributed by atoms with Crippen molar-refractivity contribution in [2.45, 2.75) is 12.8 Å². The predicted molar refractivity (Wildman–Crippen MR) is 92.4 cm³/mol. The number of amides is 1. The molecule has 1 amide bonds. The summed E-state index contributed by atoms with van der Waals surface area (Å²) in [6, 6.07) is 9.89. The summed E-state index contributed by atoms with van der Waals surface area (Å²) in [5, 5.41) is 1.93. The molecule has 2 heterocycles. The van der Waals surface area contributed by atoms with Gasteiger partial charge in [0.05, 0.1) is 17.8 Å². The van der Waals surface area contributed by atoms with Crippen LogP contribution in [0.5, 0.6) is 5.75 Å². The van der Waals surface area contributed by atoms with Crippen LogP contribution in [0.1, 0.15) is 18.5 Å². The molecule has 1 aliphatic heterocycles. The first kappa shape index (κ1) is 15.7. The maximum absolute atomic E-state index is 12.2. The number of ether oxygens (including phenoxy) is 1. The predicted octanol–water partition coefficient (Wildman–Crippen LogP) is 3.47. The van der Waals surface area contributed by atoms with Crippen molar-refractivity contribution in [1.29, 1.82) is 0 Å². The Morgan fingerprint density at radius 3 is 2.78 bits per heavy atom. The smallest absolute Gasteiger partial charge is 0.246 e. The summed E-state index contributed by atoms with van der Waals surface area (Å²) in [6.45, 7) is 2.31. The van der Waals surface area contributed by atoms with E-state index in [2.05, 4.69) is 4.98 Å². The molecule has 4 nitrogen and oxygen atoms in total. The lowest BCUT2D eigenvalue weighted by atomic mass is 9.98. The monoisotopic (exact) mass is 328 g/mol. The van der Waals surface area contributed by atoms with Gasteiger partial charge in [0.2, 0.25) is 5.91 Å². The third kappa shape index (κ3) is 4.66. The summed E-state index contributed by atoms with van der Waals surface area (Å²) in [5.74, 6) is 1.50. The lowest BCUT2D eigenvalue weighted by Crippen LogP contribution is -2.38. The van der Waals surface area contributed by atoms with E-state index in [4.69, 9.17) is 4.74 Å². The van der Waals surface area contributed by atoms with E-state index in [0.717, 1.165) is 44.0 Å². The molecule has 0 bridgehead atoms. The molecule has 1 aliphatic rings. The molecule has 0 saturated carbocycles. The molecule has 1 aromatic carbocycles. The molecule has 1 aromatic heterocycles. The minimum Gasteiger partial charge on any atom is -0.493 e. The van der Waals surface area contributed by atoms with E-state index < -0.39 is 0 Å². The number of aromatic nitrogens is 1. The lowest BCUT2D eigenvalue weighted by molar-refractivity contribution is -0.127. The van der Waals surface area contributed by atoms with Crippen molar-refractivity contribution in [3.05, 3.63) is 53.0 Å². The van der Waals surface area contributed by atoms with Crippen LogP contribution in [0.4, 0.5) is 0 Å². The lowest BCUT2D eigenvalue weighted by Gasteiger charge is -2.31. The SMILES string of the molecule is O=C(C=Cc1cscn1)N1CCC(COc2ccccc2)CC1. The van der Waals surface area contributed by atoms with Gasteiger partial charge in [-0.3, -0.25) is 4.79 Å². The number of thiazole rings is 1. The molecule has 1 saturated heterocycles. The minimum atomic E-state index is 0.0698. The molecule has 3 rings (SSSR count). The second-order valence-corrected chi connectivity index (χ2v) is 6.36. The average molecular weight is 328 g/mol. The fourth-order valence-electron chi connectivity index (χ4n) is 2.62. The fourth-order valence-corrected chi connectivity index (χ4v) is 3.14. The van der Waals surface area contributed by atoms with Crippen molar-refractivity contribution in [3.63, 3.8) is 0 Å². The Balaban J connectivity index is 1.42. The normalized spacial score (nSPS) is 15.9. The van der Waals surface area contributed by atoms with Gasteiger partial charge in [0.15, 0.2) is 0 Å². The quantitative estimate of drug-likeness (QED) is 0.789. The molecule has 0 spiro atoms. The second kappa shape index (κ2) is 7.92. The summed E-state index contributed by atoms with van der Waals surface area (Å²) in [6.07, 6.45) is 5.38. The number of para-hydroxylation sites is 1. The number of benzene rings is 1. The zero-order chi connectivity index (χ0) is 15.9. The van der Waals surface area contributed by atoms with Crippen molar-refractivity contribution in [1.82, 2.24) is 9.88 Å². The zero-order valence-electron chi connectivity index (χ0n) is 12.9. The summed E-state index contributed by atoms with van der Waals surface area (Å²) < 4.78 is 5.81. The molecular formula is C18H20N2O2S. The van der Waals surface area contributed by atoms with Crippen LogP contribution in [0.2, 0.25) is 0 Å². The van der Waals surface area contributed by atoms with Gasteiger partial charge in [-0.25, -0.2) is 4.98 Å². The topological polar surface area (TPSA) is 42.4 Å². The Labute approximate surface area is 140 Å². The van der Waals surface area contributed by atoms with Gasteiger partial charge in [-0.2, -0.15) is 0 Å². The van der Waals surface area contributed by atoms with Crippen molar-refractivity contribution >= 4 is 23.3 Å². The van der Waals surface area contributed by atoms with E-state index in [0.29, 0.717) is 5.92 Å². The van der Waals surface area contributed by atoms with Crippen LogP contribution < -0.4 is 4.74 Å². The zero-order valence-corrected chi connectivity index (χ0v) is 13.7. The first-order valence-corrected chi connectivity index (χ1v) is 8.78. The number of carbonyl (C=O) groups excluding carboxylic acids is 1. The molecular weight excluding hydrogens is 308 g/mol. The van der Waals surface area contributed by atoms with Crippen LogP contribution in [0, 0.1) is 5.92 Å². The van der Waals surface area contributed by atoms with Gasteiger partial charge >= 0.3 is 0 Å². The average Bonchev–Trinajstić information content (AvgIpc) is 3.13. The van der Waals surface area contributed by atoms with E-state index in [1.165, 1.54) is 11.3 Å². The van der Waals surface area contributed by atoms with Crippen LogP contribution >= 0.6 is 11.3 Å². The van der Waals surface area contributed by atoms with Crippen molar-refractivity contribution in [2.24, 2.45) is 5.92 Å². The second-order valence-electron chi connectivity index (χ2n) is 5.64. The molecule has 23 heavy (non-hydrogen) atoms. The molecule has 0 N–H and O–H groups in total. The number of piperidine rings is 1. The number of nitrogens with zero attached hydrogens (tertiary/aromatic N) is 2. The number of rotatable bonds is 5. The summed E-state index contributed by atoms with van der Waals surface area (Å²) in [5.41, 5.74) is 2.61. The highest BCUT2D eigenvalue weighted by molar-refractivity contribution is 7.07. The minimum absolute atomic E-state index is 0.0698. The maximum atomic E-state index is 12.2. The standard InChI is InChI=1S/C18H20N2O2S/c21-18(7-6-16-13-23-14-19-16)20-10-8-15(9-11-20)12-22-17-4-2-1-3-5-17/h1-7,13-15H,8-12H2. The molecule has 2 aromatic rings. The molecule has 0 aliphatic carbocycles. The fraction of sp³-hybridized carbons (Fsp3) is 0.333. The van der Waals surface area contributed by atoms with E-state index in [9.17, 15) is 4.79 Å².